The Labute approximate surface area is 123 Å². The van der Waals surface area contributed by atoms with Crippen LogP contribution in [-0.2, 0) is 10.0 Å². The van der Waals surface area contributed by atoms with Gasteiger partial charge < -0.3 is 5.32 Å². The molecule has 1 unspecified atom stereocenters. The smallest absolute Gasteiger partial charge is 0.272 e. The molecule has 2 rings (SSSR count). The van der Waals surface area contributed by atoms with E-state index in [1.54, 1.807) is 13.8 Å². The molecule has 1 fully saturated rings. The molecule has 21 heavy (non-hydrogen) atoms. The van der Waals surface area contributed by atoms with E-state index in [1.807, 2.05) is 0 Å². The second-order valence-corrected chi connectivity index (χ2v) is 7.29. The van der Waals surface area contributed by atoms with E-state index in [0.29, 0.717) is 29.8 Å². The van der Waals surface area contributed by atoms with Crippen molar-refractivity contribution >= 4 is 21.4 Å². The van der Waals surface area contributed by atoms with Crippen LogP contribution in [0.15, 0.2) is 12.1 Å². The molecule has 0 aliphatic carbocycles. The molecule has 1 saturated heterocycles. The Hall–Kier alpha value is -1.67. The summed E-state index contributed by atoms with van der Waals surface area (Å²) in [4.78, 5) is 10.4. The van der Waals surface area contributed by atoms with Crippen LogP contribution < -0.4 is 10.0 Å². The number of sulfonamides is 1. The molecule has 0 radical (unpaired) electrons. The first-order chi connectivity index (χ1) is 9.81. The molecule has 116 valence electrons. The number of anilines is 1. The van der Waals surface area contributed by atoms with E-state index >= 15 is 0 Å². The lowest BCUT2D eigenvalue weighted by Gasteiger charge is -2.24. The van der Waals surface area contributed by atoms with Gasteiger partial charge in [-0.05, 0) is 44.9 Å². The zero-order valence-corrected chi connectivity index (χ0v) is 12.9. The molecule has 1 heterocycles. The Morgan fingerprint density at radius 3 is 2.62 bits per heavy atom. The number of aryl methyl sites for hydroxylation is 2. The third kappa shape index (κ3) is 3.51. The summed E-state index contributed by atoms with van der Waals surface area (Å²) in [5, 5.41) is 13.5. The van der Waals surface area contributed by atoms with Crippen molar-refractivity contribution in [2.24, 2.45) is 0 Å². The van der Waals surface area contributed by atoms with E-state index in [2.05, 4.69) is 10.0 Å². The van der Waals surface area contributed by atoms with Gasteiger partial charge in [0.2, 0.25) is 10.0 Å². The van der Waals surface area contributed by atoms with Crippen LogP contribution in [0.4, 0.5) is 11.4 Å². The molecule has 2 N–H and O–H groups in total. The van der Waals surface area contributed by atoms with Crippen molar-refractivity contribution in [1.29, 1.82) is 0 Å². The molecule has 0 amide bonds. The zero-order valence-electron chi connectivity index (χ0n) is 12.0. The quantitative estimate of drug-likeness (QED) is 0.651. The fourth-order valence-electron chi connectivity index (χ4n) is 2.43. The van der Waals surface area contributed by atoms with Gasteiger partial charge in [0, 0.05) is 18.2 Å². The van der Waals surface area contributed by atoms with E-state index < -0.39 is 20.2 Å². The van der Waals surface area contributed by atoms with Crippen LogP contribution >= 0.6 is 0 Å². The Morgan fingerprint density at radius 2 is 2.05 bits per heavy atom. The lowest BCUT2D eigenvalue weighted by Crippen LogP contribution is -2.41. The lowest BCUT2D eigenvalue weighted by atomic mass is 10.1. The van der Waals surface area contributed by atoms with Crippen LogP contribution in [-0.4, -0.2) is 31.7 Å². The largest absolute Gasteiger partial charge is 0.315 e. The third-order valence-corrected chi connectivity index (χ3v) is 5.47. The number of nitrogens with one attached hydrogen (secondary N) is 2. The van der Waals surface area contributed by atoms with Gasteiger partial charge in [-0.15, -0.1) is 0 Å². The summed E-state index contributed by atoms with van der Waals surface area (Å²) in [6, 6.07) is 2.91. The number of nitrogens with zero attached hydrogens (tertiary/aromatic N) is 1. The highest BCUT2D eigenvalue weighted by atomic mass is 32.2. The van der Waals surface area contributed by atoms with Crippen LogP contribution in [0.25, 0.3) is 0 Å². The number of benzene rings is 1. The van der Waals surface area contributed by atoms with E-state index in [0.717, 1.165) is 13.0 Å². The van der Waals surface area contributed by atoms with Gasteiger partial charge >= 0.3 is 0 Å². The molecule has 1 aromatic carbocycles. The molecule has 0 spiro atoms. The molecular formula is C13H19N3O4S. The summed E-state index contributed by atoms with van der Waals surface area (Å²) in [7, 11) is -3.49. The fraction of sp³-hybridized carbons (Fsp3) is 0.538. The van der Waals surface area contributed by atoms with Crippen molar-refractivity contribution in [3.8, 4) is 0 Å². The minimum absolute atomic E-state index is 0.00483. The maximum atomic E-state index is 12.4. The predicted molar refractivity (Wildman–Crippen MR) is 81.0 cm³/mol. The summed E-state index contributed by atoms with van der Waals surface area (Å²) >= 11 is 0. The molecule has 0 saturated carbocycles. The van der Waals surface area contributed by atoms with E-state index in [4.69, 9.17) is 0 Å². The average molecular weight is 313 g/mol. The molecule has 1 aliphatic heterocycles. The number of piperidine rings is 1. The van der Waals surface area contributed by atoms with Gasteiger partial charge in [0.05, 0.1) is 15.9 Å². The van der Waals surface area contributed by atoms with Crippen LogP contribution in [0, 0.1) is 24.0 Å². The summed E-state index contributed by atoms with van der Waals surface area (Å²) < 4.78 is 27.3. The summed E-state index contributed by atoms with van der Waals surface area (Å²) in [6.07, 6.45) is 1.44. The zero-order chi connectivity index (χ0) is 15.6. The van der Waals surface area contributed by atoms with Gasteiger partial charge in [-0.1, -0.05) is 0 Å². The molecule has 1 aliphatic rings. The van der Waals surface area contributed by atoms with Gasteiger partial charge in [-0.3, -0.25) is 14.8 Å². The van der Waals surface area contributed by atoms with Crippen molar-refractivity contribution in [3.05, 3.63) is 33.4 Å². The summed E-state index contributed by atoms with van der Waals surface area (Å²) in [6.45, 7) is 4.52. The number of rotatable bonds is 4. The molecule has 1 atom stereocenters. The van der Waals surface area contributed by atoms with E-state index in [9.17, 15) is 18.5 Å². The van der Waals surface area contributed by atoms with Crippen LogP contribution in [0.1, 0.15) is 24.0 Å². The van der Waals surface area contributed by atoms with Crippen molar-refractivity contribution in [2.75, 3.05) is 17.8 Å². The van der Waals surface area contributed by atoms with Crippen molar-refractivity contribution in [3.63, 3.8) is 0 Å². The number of nitro groups is 1. The predicted octanol–water partition coefficient (Wildman–Crippen LogP) is 1.71. The molecule has 1 aromatic rings. The van der Waals surface area contributed by atoms with Crippen LogP contribution in [0.3, 0.4) is 0 Å². The first-order valence-electron chi connectivity index (χ1n) is 6.79. The number of hydrogen-bond acceptors (Lipinski definition) is 5. The maximum Gasteiger partial charge on any atom is 0.272 e. The molecular weight excluding hydrogens is 294 g/mol. The minimum Gasteiger partial charge on any atom is -0.315 e. The monoisotopic (exact) mass is 313 g/mol. The maximum absolute atomic E-state index is 12.4. The Balaban J connectivity index is 2.26. The van der Waals surface area contributed by atoms with E-state index in [-0.39, 0.29) is 5.69 Å². The highest BCUT2D eigenvalue weighted by Crippen LogP contribution is 2.27. The van der Waals surface area contributed by atoms with Gasteiger partial charge in [-0.2, -0.15) is 0 Å². The standard InChI is InChI=1S/C13H19N3O4S/c1-9-7-13(16(17)18)10(2)6-12(9)15-21(19,20)11-4-3-5-14-8-11/h6-7,11,14-15H,3-5,8H2,1-2H3. The fourth-order valence-corrected chi connectivity index (χ4v) is 3.94. The summed E-state index contributed by atoms with van der Waals surface area (Å²) in [5.41, 5.74) is 1.38. The Morgan fingerprint density at radius 1 is 1.33 bits per heavy atom. The Kier molecular flexibility index (Phi) is 4.48. The van der Waals surface area contributed by atoms with Crippen molar-refractivity contribution < 1.29 is 13.3 Å². The van der Waals surface area contributed by atoms with Gasteiger partial charge in [-0.25, -0.2) is 8.42 Å². The highest BCUT2D eigenvalue weighted by molar-refractivity contribution is 7.93. The number of nitro benzene ring substituents is 1. The van der Waals surface area contributed by atoms with Gasteiger partial charge in [0.25, 0.3) is 5.69 Å². The first-order valence-corrected chi connectivity index (χ1v) is 8.34. The lowest BCUT2D eigenvalue weighted by molar-refractivity contribution is -0.385. The minimum atomic E-state index is -3.49. The molecule has 8 heteroatoms. The average Bonchev–Trinajstić information content (AvgIpc) is 2.43. The third-order valence-electron chi connectivity index (χ3n) is 3.68. The van der Waals surface area contributed by atoms with Crippen LogP contribution in [0.5, 0.6) is 0 Å². The second-order valence-electron chi connectivity index (χ2n) is 5.33. The second kappa shape index (κ2) is 5.98. The molecule has 0 aromatic heterocycles. The molecule has 0 bridgehead atoms. The highest BCUT2D eigenvalue weighted by Gasteiger charge is 2.28. The SMILES string of the molecule is Cc1cc([N+](=O)[O-])c(C)cc1NS(=O)(=O)C1CCCNC1. The van der Waals surface area contributed by atoms with Crippen molar-refractivity contribution in [1.82, 2.24) is 5.32 Å². The van der Waals surface area contributed by atoms with Crippen LogP contribution in [0.2, 0.25) is 0 Å². The van der Waals surface area contributed by atoms with Gasteiger partial charge in [0.15, 0.2) is 0 Å². The van der Waals surface area contributed by atoms with E-state index in [1.165, 1.54) is 12.1 Å². The normalized spacial score (nSPS) is 19.2. The van der Waals surface area contributed by atoms with Crippen molar-refractivity contribution in [2.45, 2.75) is 31.9 Å². The Bertz CT molecular complexity index is 652. The summed E-state index contributed by atoms with van der Waals surface area (Å²) in [5.74, 6) is 0. The number of hydrogen-bond donors (Lipinski definition) is 2. The molecule has 7 nitrogen and oxygen atoms in total. The topological polar surface area (TPSA) is 101 Å². The van der Waals surface area contributed by atoms with Gasteiger partial charge in [0.1, 0.15) is 0 Å². The first kappa shape index (κ1) is 15.7.